The van der Waals surface area contributed by atoms with Gasteiger partial charge in [0.2, 0.25) is 0 Å². The molecule has 0 saturated heterocycles. The highest BCUT2D eigenvalue weighted by molar-refractivity contribution is 7.92. The topological polar surface area (TPSA) is 69.4 Å². The number of ether oxygens (including phenoxy) is 1. The summed E-state index contributed by atoms with van der Waals surface area (Å²) in [5.74, 6) is 0.649. The molecular formula is C11H17NO3S. The first-order valence-electron chi connectivity index (χ1n) is 5.05. The molecule has 0 aliphatic carbocycles. The van der Waals surface area contributed by atoms with Gasteiger partial charge in [-0.3, -0.25) is 0 Å². The molecule has 0 unspecified atom stereocenters. The molecule has 0 heterocycles. The summed E-state index contributed by atoms with van der Waals surface area (Å²) in [6, 6.07) is 6.27. The maximum atomic E-state index is 12.0. The molecule has 0 spiro atoms. The Bertz CT molecular complexity index is 443. The fourth-order valence-electron chi connectivity index (χ4n) is 1.19. The maximum Gasteiger partial charge on any atom is 0.196 e. The average Bonchev–Trinajstić information content (AvgIpc) is 2.17. The van der Waals surface area contributed by atoms with Gasteiger partial charge in [-0.05, 0) is 45.0 Å². The molecule has 0 aliphatic heterocycles. The second-order valence-electron chi connectivity index (χ2n) is 4.01. The third kappa shape index (κ3) is 2.54. The summed E-state index contributed by atoms with van der Waals surface area (Å²) in [5, 5.41) is 0. The second kappa shape index (κ2) is 4.43. The third-order valence-electron chi connectivity index (χ3n) is 2.14. The van der Waals surface area contributed by atoms with Gasteiger partial charge in [0.15, 0.2) is 9.84 Å². The quantitative estimate of drug-likeness (QED) is 0.871. The van der Waals surface area contributed by atoms with E-state index in [-0.39, 0.29) is 4.90 Å². The smallest absolute Gasteiger partial charge is 0.196 e. The molecule has 0 fully saturated rings. The van der Waals surface area contributed by atoms with Crippen molar-refractivity contribution < 1.29 is 13.2 Å². The molecule has 1 aromatic carbocycles. The number of hydrogen-bond donors (Lipinski definition) is 1. The summed E-state index contributed by atoms with van der Waals surface area (Å²) in [6.07, 6.45) is 0. The van der Waals surface area contributed by atoms with Gasteiger partial charge in [0.25, 0.3) is 0 Å². The molecule has 0 bridgehead atoms. The first-order valence-corrected chi connectivity index (χ1v) is 6.53. The Morgan fingerprint density at radius 3 is 2.12 bits per heavy atom. The van der Waals surface area contributed by atoms with E-state index in [0.717, 1.165) is 0 Å². The van der Waals surface area contributed by atoms with Gasteiger partial charge in [-0.15, -0.1) is 0 Å². The van der Waals surface area contributed by atoms with E-state index in [1.54, 1.807) is 12.1 Å². The predicted octanol–water partition coefficient (Wildman–Crippen LogP) is 1.55. The average molecular weight is 243 g/mol. The minimum Gasteiger partial charge on any atom is -0.494 e. The lowest BCUT2D eigenvalue weighted by molar-refractivity contribution is 0.340. The number of benzene rings is 1. The zero-order valence-corrected chi connectivity index (χ0v) is 10.5. The Hall–Kier alpha value is -1.07. The van der Waals surface area contributed by atoms with Crippen LogP contribution in [-0.4, -0.2) is 19.9 Å². The van der Waals surface area contributed by atoms with Crippen molar-refractivity contribution in [2.45, 2.75) is 30.5 Å². The Labute approximate surface area is 96.3 Å². The summed E-state index contributed by atoms with van der Waals surface area (Å²) in [7, 11) is -3.49. The molecule has 2 N–H and O–H groups in total. The molecule has 0 saturated carbocycles. The van der Waals surface area contributed by atoms with E-state index >= 15 is 0 Å². The monoisotopic (exact) mass is 243 g/mol. The van der Waals surface area contributed by atoms with Crippen LogP contribution in [-0.2, 0) is 9.84 Å². The Morgan fingerprint density at radius 1 is 1.25 bits per heavy atom. The van der Waals surface area contributed by atoms with E-state index in [9.17, 15) is 8.42 Å². The normalized spacial score (nSPS) is 12.5. The van der Waals surface area contributed by atoms with Crippen molar-refractivity contribution >= 4 is 9.84 Å². The molecule has 1 rings (SSSR count). The van der Waals surface area contributed by atoms with E-state index < -0.39 is 14.7 Å². The highest BCUT2D eigenvalue weighted by Crippen LogP contribution is 2.23. The number of nitrogens with two attached hydrogens (primary N) is 1. The largest absolute Gasteiger partial charge is 0.494 e. The van der Waals surface area contributed by atoms with Crippen molar-refractivity contribution in [3.63, 3.8) is 0 Å². The maximum absolute atomic E-state index is 12.0. The van der Waals surface area contributed by atoms with Crippen LogP contribution in [0.5, 0.6) is 5.75 Å². The lowest BCUT2D eigenvalue weighted by Gasteiger charge is -2.19. The van der Waals surface area contributed by atoms with E-state index in [0.29, 0.717) is 12.4 Å². The molecule has 16 heavy (non-hydrogen) atoms. The molecule has 0 aliphatic rings. The molecule has 0 radical (unpaired) electrons. The lowest BCUT2D eigenvalue weighted by Crippen LogP contribution is -2.41. The molecule has 1 aromatic rings. The van der Waals surface area contributed by atoms with E-state index in [2.05, 4.69) is 0 Å². The molecular weight excluding hydrogens is 226 g/mol. The number of hydrogen-bond acceptors (Lipinski definition) is 4. The zero-order chi connectivity index (χ0) is 12.4. The van der Waals surface area contributed by atoms with Gasteiger partial charge in [-0.2, -0.15) is 0 Å². The van der Waals surface area contributed by atoms with Crippen molar-refractivity contribution in [3.05, 3.63) is 24.3 Å². The lowest BCUT2D eigenvalue weighted by atomic mass is 10.3. The fraction of sp³-hybridized carbons (Fsp3) is 0.455. The van der Waals surface area contributed by atoms with Crippen LogP contribution in [0.3, 0.4) is 0 Å². The highest BCUT2D eigenvalue weighted by atomic mass is 32.2. The third-order valence-corrected chi connectivity index (χ3v) is 4.42. The second-order valence-corrected chi connectivity index (χ2v) is 6.54. The number of rotatable bonds is 4. The van der Waals surface area contributed by atoms with Crippen LogP contribution in [0.25, 0.3) is 0 Å². The Morgan fingerprint density at radius 2 is 1.75 bits per heavy atom. The van der Waals surface area contributed by atoms with Crippen molar-refractivity contribution in [2.24, 2.45) is 5.73 Å². The van der Waals surface area contributed by atoms with Gasteiger partial charge in [-0.1, -0.05) is 0 Å². The minimum absolute atomic E-state index is 0.212. The fourth-order valence-corrected chi connectivity index (χ4v) is 2.29. The van der Waals surface area contributed by atoms with E-state index in [4.69, 9.17) is 10.5 Å². The SMILES string of the molecule is CCOc1ccc(S(=O)(=O)C(C)(C)N)cc1. The summed E-state index contributed by atoms with van der Waals surface area (Å²) < 4.78 is 29.1. The van der Waals surface area contributed by atoms with Gasteiger partial charge in [-0.25, -0.2) is 8.42 Å². The molecule has 5 heteroatoms. The molecule has 4 nitrogen and oxygen atoms in total. The van der Waals surface area contributed by atoms with Gasteiger partial charge >= 0.3 is 0 Å². The van der Waals surface area contributed by atoms with Crippen molar-refractivity contribution in [1.29, 1.82) is 0 Å². The van der Waals surface area contributed by atoms with Crippen LogP contribution in [0, 0.1) is 0 Å². The Kier molecular flexibility index (Phi) is 3.60. The van der Waals surface area contributed by atoms with Crippen LogP contribution in [0.2, 0.25) is 0 Å². The van der Waals surface area contributed by atoms with Crippen molar-refractivity contribution in [2.75, 3.05) is 6.61 Å². The van der Waals surface area contributed by atoms with Crippen LogP contribution >= 0.6 is 0 Å². The molecule has 90 valence electrons. The number of sulfone groups is 1. The van der Waals surface area contributed by atoms with Gasteiger partial charge in [0, 0.05) is 0 Å². The highest BCUT2D eigenvalue weighted by Gasteiger charge is 2.31. The molecule has 0 amide bonds. The van der Waals surface area contributed by atoms with Crippen molar-refractivity contribution in [3.8, 4) is 5.75 Å². The van der Waals surface area contributed by atoms with Crippen molar-refractivity contribution in [1.82, 2.24) is 0 Å². The first-order chi connectivity index (χ1) is 7.29. The van der Waals surface area contributed by atoms with Gasteiger partial charge in [0.1, 0.15) is 10.6 Å². The molecule has 0 atom stereocenters. The van der Waals surface area contributed by atoms with Crippen LogP contribution in [0.1, 0.15) is 20.8 Å². The van der Waals surface area contributed by atoms with Gasteiger partial charge < -0.3 is 10.5 Å². The molecule has 0 aromatic heterocycles. The van der Waals surface area contributed by atoms with Crippen LogP contribution < -0.4 is 10.5 Å². The van der Waals surface area contributed by atoms with Crippen LogP contribution in [0.4, 0.5) is 0 Å². The summed E-state index contributed by atoms with van der Waals surface area (Å²) in [5.41, 5.74) is 5.62. The van der Waals surface area contributed by atoms with Crippen LogP contribution in [0.15, 0.2) is 29.2 Å². The summed E-state index contributed by atoms with van der Waals surface area (Å²) in [6.45, 7) is 5.36. The Balaban J connectivity index is 3.08. The summed E-state index contributed by atoms with van der Waals surface area (Å²) >= 11 is 0. The van der Waals surface area contributed by atoms with Gasteiger partial charge in [0.05, 0.1) is 11.5 Å². The summed E-state index contributed by atoms with van der Waals surface area (Å²) in [4.78, 5) is -1.07. The first kappa shape index (κ1) is 13.0. The predicted molar refractivity (Wildman–Crippen MR) is 63.1 cm³/mol. The van der Waals surface area contributed by atoms with E-state index in [1.807, 2.05) is 6.92 Å². The standard InChI is InChI=1S/C11H17NO3S/c1-4-15-9-5-7-10(8-6-9)16(13,14)11(2,3)12/h5-8H,4,12H2,1-3H3. The minimum atomic E-state index is -3.49. The zero-order valence-electron chi connectivity index (χ0n) is 9.73. The van der Waals surface area contributed by atoms with E-state index in [1.165, 1.54) is 26.0 Å².